The molecule has 106 valence electrons. The zero-order chi connectivity index (χ0) is 14.7. The normalized spacial score (nSPS) is 10.8. The van der Waals surface area contributed by atoms with Crippen molar-refractivity contribution in [3.63, 3.8) is 0 Å². The smallest absolute Gasteiger partial charge is 0.355 e. The van der Waals surface area contributed by atoms with E-state index in [4.69, 9.17) is 5.11 Å². The molecule has 2 aromatic rings. The Morgan fingerprint density at radius 3 is 2.90 bits per heavy atom. The summed E-state index contributed by atoms with van der Waals surface area (Å²) in [6.07, 6.45) is 3.18. The molecule has 2 heterocycles. The maximum Gasteiger partial charge on any atom is 0.355 e. The minimum Gasteiger partial charge on any atom is -0.476 e. The minimum absolute atomic E-state index is 0.00686. The second-order valence-corrected chi connectivity index (χ2v) is 5.31. The van der Waals surface area contributed by atoms with Crippen molar-refractivity contribution in [1.29, 1.82) is 0 Å². The maximum atomic E-state index is 12.1. The Hall–Kier alpha value is -2.22. The summed E-state index contributed by atoms with van der Waals surface area (Å²) < 4.78 is 1.57. The van der Waals surface area contributed by atoms with Gasteiger partial charge in [0.2, 0.25) is 0 Å². The molecule has 0 bridgehead atoms. The molecule has 20 heavy (non-hydrogen) atoms. The van der Waals surface area contributed by atoms with Crippen LogP contribution in [-0.4, -0.2) is 25.6 Å². The summed E-state index contributed by atoms with van der Waals surface area (Å²) in [5.74, 6) is -0.833. The standard InChI is InChI=1S/C12H14N4O3S/c1-7(2)16-4-3-13-10(11(16)17)14-5-9-15-8(6-20-9)12(18)19/h3-4,6-7H,5H2,1-2H3,(H,13,14)(H,18,19). The molecule has 8 heteroatoms. The molecule has 2 N–H and O–H groups in total. The molecule has 0 aliphatic heterocycles. The van der Waals surface area contributed by atoms with Gasteiger partial charge in [-0.15, -0.1) is 11.3 Å². The van der Waals surface area contributed by atoms with E-state index in [2.05, 4.69) is 15.3 Å². The summed E-state index contributed by atoms with van der Waals surface area (Å²) in [5.41, 5.74) is -0.204. The zero-order valence-corrected chi connectivity index (χ0v) is 11.8. The van der Waals surface area contributed by atoms with Gasteiger partial charge in [-0.1, -0.05) is 0 Å². The molecule has 0 spiro atoms. The summed E-state index contributed by atoms with van der Waals surface area (Å²) in [7, 11) is 0. The van der Waals surface area contributed by atoms with E-state index in [-0.39, 0.29) is 29.7 Å². The molecular weight excluding hydrogens is 280 g/mol. The van der Waals surface area contributed by atoms with Crippen LogP contribution in [0, 0.1) is 0 Å². The lowest BCUT2D eigenvalue weighted by Crippen LogP contribution is -2.25. The quantitative estimate of drug-likeness (QED) is 0.869. The first-order valence-corrected chi connectivity index (χ1v) is 6.85. The van der Waals surface area contributed by atoms with Crippen LogP contribution in [0.4, 0.5) is 5.82 Å². The van der Waals surface area contributed by atoms with Crippen LogP contribution >= 0.6 is 11.3 Å². The van der Waals surface area contributed by atoms with Crippen LogP contribution in [-0.2, 0) is 6.54 Å². The van der Waals surface area contributed by atoms with Crippen LogP contribution in [0.25, 0.3) is 0 Å². The molecule has 0 radical (unpaired) electrons. The average Bonchev–Trinajstić information content (AvgIpc) is 2.86. The van der Waals surface area contributed by atoms with Gasteiger partial charge < -0.3 is 15.0 Å². The molecule has 0 fully saturated rings. The Morgan fingerprint density at radius 2 is 2.30 bits per heavy atom. The van der Waals surface area contributed by atoms with Crippen molar-refractivity contribution in [2.24, 2.45) is 0 Å². The van der Waals surface area contributed by atoms with Gasteiger partial charge in [-0.25, -0.2) is 14.8 Å². The van der Waals surface area contributed by atoms with E-state index in [0.29, 0.717) is 5.01 Å². The number of hydrogen-bond acceptors (Lipinski definition) is 6. The van der Waals surface area contributed by atoms with Crippen molar-refractivity contribution in [1.82, 2.24) is 14.5 Å². The molecule has 7 nitrogen and oxygen atoms in total. The number of aromatic carboxylic acids is 1. The number of carboxylic acid groups (broad SMARTS) is 1. The molecular formula is C12H14N4O3S. The highest BCUT2D eigenvalue weighted by Gasteiger charge is 2.10. The lowest BCUT2D eigenvalue weighted by atomic mass is 10.4. The molecule has 0 saturated carbocycles. The van der Waals surface area contributed by atoms with Crippen LogP contribution in [0.1, 0.15) is 35.4 Å². The molecule has 0 atom stereocenters. The first-order valence-electron chi connectivity index (χ1n) is 5.97. The third kappa shape index (κ3) is 3.02. The summed E-state index contributed by atoms with van der Waals surface area (Å²) >= 11 is 1.22. The van der Waals surface area contributed by atoms with Crippen LogP contribution in [0.2, 0.25) is 0 Å². The van der Waals surface area contributed by atoms with Crippen molar-refractivity contribution >= 4 is 23.1 Å². The SMILES string of the molecule is CC(C)n1ccnc(NCc2nc(C(=O)O)cs2)c1=O. The Bertz CT molecular complexity index is 677. The number of carbonyl (C=O) groups is 1. The van der Waals surface area contributed by atoms with Gasteiger partial charge in [-0.05, 0) is 13.8 Å². The second-order valence-electron chi connectivity index (χ2n) is 4.37. The van der Waals surface area contributed by atoms with Gasteiger partial charge in [0, 0.05) is 23.8 Å². The molecule has 0 aliphatic rings. The molecule has 0 unspecified atom stereocenters. The highest BCUT2D eigenvalue weighted by atomic mass is 32.1. The summed E-state index contributed by atoms with van der Waals surface area (Å²) in [5, 5.41) is 13.7. The maximum absolute atomic E-state index is 12.1. The van der Waals surface area contributed by atoms with Gasteiger partial charge >= 0.3 is 5.97 Å². The third-order valence-electron chi connectivity index (χ3n) is 2.60. The first kappa shape index (κ1) is 14.2. The molecule has 0 aliphatic carbocycles. The second kappa shape index (κ2) is 5.83. The molecule has 0 amide bonds. The number of aromatic nitrogens is 3. The zero-order valence-electron chi connectivity index (χ0n) is 11.0. The van der Waals surface area contributed by atoms with Crippen molar-refractivity contribution in [3.05, 3.63) is 38.8 Å². The van der Waals surface area contributed by atoms with Crippen LogP contribution in [0.3, 0.4) is 0 Å². The van der Waals surface area contributed by atoms with E-state index in [9.17, 15) is 9.59 Å². The summed E-state index contributed by atoms with van der Waals surface area (Å²) in [4.78, 5) is 30.7. The number of thiazole rings is 1. The predicted octanol–water partition coefficient (Wildman–Crippen LogP) is 1.59. The minimum atomic E-state index is -1.06. The Labute approximate surface area is 118 Å². The van der Waals surface area contributed by atoms with E-state index >= 15 is 0 Å². The van der Waals surface area contributed by atoms with E-state index in [1.165, 1.54) is 16.7 Å². The number of nitrogens with zero attached hydrogens (tertiary/aromatic N) is 3. The largest absolute Gasteiger partial charge is 0.476 e. The van der Waals surface area contributed by atoms with Crippen molar-refractivity contribution in [2.75, 3.05) is 5.32 Å². The van der Waals surface area contributed by atoms with E-state index in [1.54, 1.807) is 17.0 Å². The van der Waals surface area contributed by atoms with Crippen LogP contribution < -0.4 is 10.9 Å². The Balaban J connectivity index is 2.13. The van der Waals surface area contributed by atoms with E-state index in [0.717, 1.165) is 0 Å². The van der Waals surface area contributed by atoms with Gasteiger partial charge in [0.05, 0.1) is 6.54 Å². The number of carboxylic acids is 1. The van der Waals surface area contributed by atoms with Gasteiger partial charge in [0.25, 0.3) is 5.56 Å². The van der Waals surface area contributed by atoms with Crippen molar-refractivity contribution in [2.45, 2.75) is 26.4 Å². The lowest BCUT2D eigenvalue weighted by Gasteiger charge is -2.10. The molecule has 0 saturated heterocycles. The fraction of sp³-hybridized carbons (Fsp3) is 0.333. The van der Waals surface area contributed by atoms with Gasteiger partial charge in [0.1, 0.15) is 5.01 Å². The summed E-state index contributed by atoms with van der Waals surface area (Å²) in [6, 6.07) is 0.0459. The first-order chi connectivity index (χ1) is 9.49. The Kier molecular flexibility index (Phi) is 4.14. The van der Waals surface area contributed by atoms with Gasteiger partial charge in [0.15, 0.2) is 11.5 Å². The summed E-state index contributed by atoms with van der Waals surface area (Å²) in [6.45, 7) is 4.08. The molecule has 2 rings (SSSR count). The van der Waals surface area contributed by atoms with Gasteiger partial charge in [-0.3, -0.25) is 4.79 Å². The van der Waals surface area contributed by atoms with Crippen LogP contribution in [0.15, 0.2) is 22.6 Å². The van der Waals surface area contributed by atoms with Crippen molar-refractivity contribution < 1.29 is 9.90 Å². The highest BCUT2D eigenvalue weighted by molar-refractivity contribution is 7.09. The number of hydrogen-bond donors (Lipinski definition) is 2. The monoisotopic (exact) mass is 294 g/mol. The topological polar surface area (TPSA) is 97.1 Å². The number of anilines is 1. The average molecular weight is 294 g/mol. The highest BCUT2D eigenvalue weighted by Crippen LogP contribution is 2.11. The number of nitrogens with one attached hydrogen (secondary N) is 1. The third-order valence-corrected chi connectivity index (χ3v) is 3.45. The fourth-order valence-corrected chi connectivity index (χ4v) is 2.31. The lowest BCUT2D eigenvalue weighted by molar-refractivity contribution is 0.0691. The number of rotatable bonds is 5. The van der Waals surface area contributed by atoms with E-state index in [1.807, 2.05) is 13.8 Å². The molecule has 2 aromatic heterocycles. The van der Waals surface area contributed by atoms with Gasteiger partial charge in [-0.2, -0.15) is 0 Å². The Morgan fingerprint density at radius 1 is 1.55 bits per heavy atom. The predicted molar refractivity (Wildman–Crippen MR) is 75.3 cm³/mol. The fourth-order valence-electron chi connectivity index (χ4n) is 1.60. The molecule has 0 aromatic carbocycles. The van der Waals surface area contributed by atoms with Crippen LogP contribution in [0.5, 0.6) is 0 Å². The van der Waals surface area contributed by atoms with Crippen molar-refractivity contribution in [3.8, 4) is 0 Å². The van der Waals surface area contributed by atoms with E-state index < -0.39 is 5.97 Å².